The van der Waals surface area contributed by atoms with Crippen LogP contribution in [0.3, 0.4) is 0 Å². The Kier molecular flexibility index (Phi) is 4.05. The third-order valence-corrected chi connectivity index (χ3v) is 2.11. The third-order valence-electron chi connectivity index (χ3n) is 2.11. The first kappa shape index (κ1) is 12.2. The van der Waals surface area contributed by atoms with Crippen LogP contribution in [0.1, 0.15) is 31.1 Å². The van der Waals surface area contributed by atoms with Crippen LogP contribution in [0.2, 0.25) is 0 Å². The molecule has 0 saturated heterocycles. The van der Waals surface area contributed by atoms with E-state index in [1.165, 1.54) is 13.8 Å². The molecule has 0 saturated carbocycles. The molecule has 1 rings (SSSR count). The molecule has 1 aromatic rings. The van der Waals surface area contributed by atoms with Crippen LogP contribution in [0.5, 0.6) is 0 Å². The fourth-order valence-corrected chi connectivity index (χ4v) is 1.37. The highest BCUT2D eigenvalue weighted by molar-refractivity contribution is 5.76. The van der Waals surface area contributed by atoms with Crippen LogP contribution in [0.15, 0.2) is 24.3 Å². The molecule has 16 heavy (non-hydrogen) atoms. The zero-order chi connectivity index (χ0) is 12.1. The second-order valence-electron chi connectivity index (χ2n) is 3.74. The highest BCUT2D eigenvalue weighted by atomic mass is 16.2. The van der Waals surface area contributed by atoms with Gasteiger partial charge in [-0.1, -0.05) is 29.8 Å². The van der Waals surface area contributed by atoms with Gasteiger partial charge in [0.15, 0.2) is 0 Å². The van der Waals surface area contributed by atoms with Gasteiger partial charge in [0.05, 0.1) is 0 Å². The van der Waals surface area contributed by atoms with Crippen molar-refractivity contribution in [2.75, 3.05) is 0 Å². The summed E-state index contributed by atoms with van der Waals surface area (Å²) in [6.07, 6.45) is -0.462. The van der Waals surface area contributed by atoms with Crippen LogP contribution in [0.25, 0.3) is 0 Å². The van der Waals surface area contributed by atoms with Crippen molar-refractivity contribution in [3.05, 3.63) is 35.4 Å². The molecule has 4 nitrogen and oxygen atoms in total. The number of aryl methyl sites for hydroxylation is 1. The Bertz CT molecular complexity index is 369. The summed E-state index contributed by atoms with van der Waals surface area (Å²) < 4.78 is 0. The van der Waals surface area contributed by atoms with Crippen molar-refractivity contribution in [2.24, 2.45) is 0 Å². The highest BCUT2D eigenvalue weighted by Crippen LogP contribution is 2.11. The molecule has 4 heteroatoms. The van der Waals surface area contributed by atoms with Crippen molar-refractivity contribution in [3.63, 3.8) is 0 Å². The number of benzene rings is 1. The predicted octanol–water partition coefficient (Wildman–Crippen LogP) is 1.27. The smallest absolute Gasteiger partial charge is 0.218 e. The first-order valence-corrected chi connectivity index (χ1v) is 5.10. The maximum Gasteiger partial charge on any atom is 0.218 e. The van der Waals surface area contributed by atoms with E-state index in [0.717, 1.165) is 11.1 Å². The van der Waals surface area contributed by atoms with E-state index in [1.54, 1.807) is 0 Å². The quantitative estimate of drug-likeness (QED) is 0.753. The molecule has 0 bridgehead atoms. The zero-order valence-electron chi connectivity index (χ0n) is 9.70. The number of amides is 2. The molecule has 2 N–H and O–H groups in total. The summed E-state index contributed by atoms with van der Waals surface area (Å²) in [5.74, 6) is -0.362. The molecule has 0 radical (unpaired) electrons. The van der Waals surface area contributed by atoms with Crippen molar-refractivity contribution < 1.29 is 9.59 Å². The highest BCUT2D eigenvalue weighted by Gasteiger charge is 2.12. The average molecular weight is 220 g/mol. The molecule has 0 fully saturated rings. The Morgan fingerprint density at radius 3 is 1.81 bits per heavy atom. The number of nitrogens with one attached hydrogen (secondary N) is 2. The van der Waals surface area contributed by atoms with Gasteiger partial charge in [0.25, 0.3) is 0 Å². The lowest BCUT2D eigenvalue weighted by molar-refractivity contribution is -0.122. The van der Waals surface area contributed by atoms with E-state index >= 15 is 0 Å². The Balaban J connectivity index is 2.86. The summed E-state index contributed by atoms with van der Waals surface area (Å²) in [6.45, 7) is 4.82. The fraction of sp³-hybridized carbons (Fsp3) is 0.333. The third kappa shape index (κ3) is 3.73. The van der Waals surface area contributed by atoms with Crippen molar-refractivity contribution in [1.29, 1.82) is 0 Å². The Morgan fingerprint density at radius 1 is 1.00 bits per heavy atom. The van der Waals surface area contributed by atoms with Crippen LogP contribution < -0.4 is 10.6 Å². The second-order valence-corrected chi connectivity index (χ2v) is 3.74. The molecular weight excluding hydrogens is 204 g/mol. The number of rotatable bonds is 3. The number of hydrogen-bond donors (Lipinski definition) is 2. The molecule has 86 valence electrons. The summed E-state index contributed by atoms with van der Waals surface area (Å²) in [6, 6.07) is 7.63. The van der Waals surface area contributed by atoms with E-state index in [-0.39, 0.29) is 11.8 Å². The van der Waals surface area contributed by atoms with Gasteiger partial charge in [0.1, 0.15) is 6.17 Å². The molecule has 0 atom stereocenters. The molecule has 0 aromatic heterocycles. The fourth-order valence-electron chi connectivity index (χ4n) is 1.37. The van der Waals surface area contributed by atoms with Crippen molar-refractivity contribution >= 4 is 11.8 Å². The van der Waals surface area contributed by atoms with Gasteiger partial charge < -0.3 is 10.6 Å². The summed E-state index contributed by atoms with van der Waals surface area (Å²) in [7, 11) is 0. The van der Waals surface area contributed by atoms with Gasteiger partial charge in [0.2, 0.25) is 11.8 Å². The lowest BCUT2D eigenvalue weighted by atomic mass is 10.1. The predicted molar refractivity (Wildman–Crippen MR) is 61.6 cm³/mol. The summed E-state index contributed by atoms with van der Waals surface area (Å²) >= 11 is 0. The van der Waals surface area contributed by atoms with Gasteiger partial charge in [-0.15, -0.1) is 0 Å². The minimum absolute atomic E-state index is 0.181. The van der Waals surface area contributed by atoms with Crippen molar-refractivity contribution in [1.82, 2.24) is 10.6 Å². The van der Waals surface area contributed by atoms with Crippen LogP contribution >= 0.6 is 0 Å². The van der Waals surface area contributed by atoms with E-state index in [9.17, 15) is 9.59 Å². The van der Waals surface area contributed by atoms with Crippen LogP contribution in [-0.2, 0) is 9.59 Å². The Labute approximate surface area is 95.0 Å². The van der Waals surface area contributed by atoms with Gasteiger partial charge in [-0.2, -0.15) is 0 Å². The zero-order valence-corrected chi connectivity index (χ0v) is 9.70. The normalized spacial score (nSPS) is 10.0. The van der Waals surface area contributed by atoms with Gasteiger partial charge in [-0.3, -0.25) is 9.59 Å². The van der Waals surface area contributed by atoms with E-state index in [0.29, 0.717) is 0 Å². The molecular formula is C12H16N2O2. The number of carbonyl (C=O) groups is 2. The van der Waals surface area contributed by atoms with E-state index in [4.69, 9.17) is 0 Å². The van der Waals surface area contributed by atoms with Crippen LogP contribution in [-0.4, -0.2) is 11.8 Å². The maximum atomic E-state index is 11.0. The molecule has 0 heterocycles. The lowest BCUT2D eigenvalue weighted by Gasteiger charge is -2.19. The number of hydrogen-bond acceptors (Lipinski definition) is 2. The standard InChI is InChI=1S/C12H16N2O2/c1-8-4-6-11(7-5-8)12(13-9(2)15)14-10(3)16/h4-7,12H,1-3H3,(H,13,15)(H,14,16). The monoisotopic (exact) mass is 220 g/mol. The van der Waals surface area contributed by atoms with Gasteiger partial charge in [0, 0.05) is 13.8 Å². The van der Waals surface area contributed by atoms with Crippen molar-refractivity contribution in [3.8, 4) is 0 Å². The molecule has 0 aliphatic rings. The summed E-state index contributed by atoms with van der Waals surface area (Å²) in [4.78, 5) is 22.0. The maximum absolute atomic E-state index is 11.0. The molecule has 0 spiro atoms. The number of carbonyl (C=O) groups excluding carboxylic acids is 2. The second kappa shape index (κ2) is 5.30. The summed E-state index contributed by atoms with van der Waals surface area (Å²) in [5.41, 5.74) is 1.99. The summed E-state index contributed by atoms with van der Waals surface area (Å²) in [5, 5.41) is 5.35. The van der Waals surface area contributed by atoms with Gasteiger partial charge in [-0.25, -0.2) is 0 Å². The Morgan fingerprint density at radius 2 is 1.44 bits per heavy atom. The molecule has 0 unspecified atom stereocenters. The Hall–Kier alpha value is -1.84. The molecule has 1 aromatic carbocycles. The minimum Gasteiger partial charge on any atom is -0.332 e. The lowest BCUT2D eigenvalue weighted by Crippen LogP contribution is -2.39. The SMILES string of the molecule is CC(=O)NC(NC(C)=O)c1ccc(C)cc1. The van der Waals surface area contributed by atoms with Gasteiger partial charge in [-0.05, 0) is 12.5 Å². The van der Waals surface area contributed by atoms with Crippen LogP contribution in [0.4, 0.5) is 0 Å². The molecule has 0 aliphatic carbocycles. The molecule has 0 aliphatic heterocycles. The first-order valence-electron chi connectivity index (χ1n) is 5.10. The minimum atomic E-state index is -0.462. The van der Waals surface area contributed by atoms with E-state index in [2.05, 4.69) is 10.6 Å². The van der Waals surface area contributed by atoms with E-state index < -0.39 is 6.17 Å². The van der Waals surface area contributed by atoms with Gasteiger partial charge >= 0.3 is 0 Å². The first-order chi connectivity index (χ1) is 7.49. The largest absolute Gasteiger partial charge is 0.332 e. The van der Waals surface area contributed by atoms with Crippen molar-refractivity contribution in [2.45, 2.75) is 26.9 Å². The molecule has 2 amide bonds. The topological polar surface area (TPSA) is 58.2 Å². The van der Waals surface area contributed by atoms with E-state index in [1.807, 2.05) is 31.2 Å². The van der Waals surface area contributed by atoms with Crippen LogP contribution in [0, 0.1) is 6.92 Å². The average Bonchev–Trinajstić information content (AvgIpc) is 2.16.